The van der Waals surface area contributed by atoms with Crippen LogP contribution in [-0.4, -0.2) is 15.0 Å². The maximum Gasteiger partial charge on any atom is 0.339 e. The highest BCUT2D eigenvalue weighted by atomic mass is 32.2. The highest BCUT2D eigenvalue weighted by Gasteiger charge is 2.17. The predicted octanol–water partition coefficient (Wildman–Crippen LogP) is 2.13. The molecule has 2 rings (SSSR count). The molecule has 5 heteroatoms. The minimum absolute atomic E-state index is 0.142. The van der Waals surface area contributed by atoms with Gasteiger partial charge in [0.2, 0.25) is 0 Å². The maximum absolute atomic E-state index is 11.9. The zero-order valence-electron chi connectivity index (χ0n) is 9.29. The van der Waals surface area contributed by atoms with E-state index in [-0.39, 0.29) is 10.7 Å². The Morgan fingerprint density at radius 3 is 2.53 bits per heavy atom. The summed E-state index contributed by atoms with van der Waals surface area (Å²) in [5.41, 5.74) is 0.995. The Morgan fingerprint density at radius 2 is 1.94 bits per heavy atom. The molecule has 1 heterocycles. The third-order valence-electron chi connectivity index (χ3n) is 2.22. The molecular weight excluding hydrogens is 240 g/mol. The van der Waals surface area contributed by atoms with Gasteiger partial charge in [0, 0.05) is 6.08 Å². The Hall–Kier alpha value is -1.75. The fourth-order valence-electron chi connectivity index (χ4n) is 1.31. The average Bonchev–Trinajstić information content (AvgIpc) is 2.30. The molecule has 0 aliphatic carbocycles. The minimum Gasteiger partial charge on any atom is -0.497 e. The lowest BCUT2D eigenvalue weighted by atomic mass is 10.2. The van der Waals surface area contributed by atoms with Crippen molar-refractivity contribution >= 4 is 10.1 Å². The first-order valence-corrected chi connectivity index (χ1v) is 6.48. The van der Waals surface area contributed by atoms with Crippen LogP contribution in [0.15, 0.2) is 53.3 Å². The van der Waals surface area contributed by atoms with E-state index in [0.717, 1.165) is 5.56 Å². The second-order valence-electron chi connectivity index (χ2n) is 3.59. The summed E-state index contributed by atoms with van der Waals surface area (Å²) in [4.78, 5) is 0.142. The van der Waals surface area contributed by atoms with Crippen LogP contribution < -0.4 is 0 Å². The van der Waals surface area contributed by atoms with Gasteiger partial charge >= 0.3 is 10.1 Å². The standard InChI is InChI=1S/C12H12O4S/c1-10-2-4-12(5-3-10)17(13,14)16-11-6-8-15-9-7-11/h2-8H,9H2,1H3. The van der Waals surface area contributed by atoms with Crippen LogP contribution in [0.5, 0.6) is 0 Å². The van der Waals surface area contributed by atoms with Crippen molar-refractivity contribution in [2.75, 3.05) is 6.61 Å². The first-order chi connectivity index (χ1) is 8.08. The molecule has 0 N–H and O–H groups in total. The number of ether oxygens (including phenoxy) is 1. The van der Waals surface area contributed by atoms with Crippen molar-refractivity contribution in [3.63, 3.8) is 0 Å². The highest BCUT2D eigenvalue weighted by Crippen LogP contribution is 2.18. The van der Waals surface area contributed by atoms with E-state index in [1.54, 1.807) is 18.2 Å². The molecule has 1 aliphatic heterocycles. The third-order valence-corrected chi connectivity index (χ3v) is 3.49. The molecule has 0 bridgehead atoms. The second kappa shape index (κ2) is 4.63. The normalized spacial score (nSPS) is 15.0. The van der Waals surface area contributed by atoms with Crippen LogP contribution in [-0.2, 0) is 19.0 Å². The van der Waals surface area contributed by atoms with E-state index >= 15 is 0 Å². The highest BCUT2D eigenvalue weighted by molar-refractivity contribution is 7.86. The van der Waals surface area contributed by atoms with Crippen LogP contribution >= 0.6 is 0 Å². The molecule has 1 aromatic carbocycles. The molecule has 0 aromatic heterocycles. The van der Waals surface area contributed by atoms with Crippen molar-refractivity contribution in [3.8, 4) is 0 Å². The Labute approximate surface area is 100 Å². The molecule has 0 unspecified atom stereocenters. The number of aryl methyl sites for hydroxylation is 1. The minimum atomic E-state index is -3.75. The van der Waals surface area contributed by atoms with Gasteiger partial charge in [-0.3, -0.25) is 0 Å². The van der Waals surface area contributed by atoms with Crippen molar-refractivity contribution in [2.45, 2.75) is 11.8 Å². The number of hydrogen-bond acceptors (Lipinski definition) is 4. The van der Waals surface area contributed by atoms with E-state index in [4.69, 9.17) is 8.92 Å². The summed E-state index contributed by atoms with van der Waals surface area (Å²) in [5, 5.41) is 0. The molecule has 0 saturated carbocycles. The molecule has 4 nitrogen and oxygen atoms in total. The van der Waals surface area contributed by atoms with Gasteiger partial charge in [0.25, 0.3) is 0 Å². The molecule has 0 amide bonds. The molecule has 90 valence electrons. The Balaban J connectivity index is 2.22. The van der Waals surface area contributed by atoms with Gasteiger partial charge in [-0.2, -0.15) is 8.42 Å². The van der Waals surface area contributed by atoms with Gasteiger partial charge in [-0.05, 0) is 25.1 Å². The van der Waals surface area contributed by atoms with Gasteiger partial charge < -0.3 is 8.92 Å². The van der Waals surface area contributed by atoms with Crippen molar-refractivity contribution < 1.29 is 17.3 Å². The van der Waals surface area contributed by atoms with Crippen molar-refractivity contribution in [1.82, 2.24) is 0 Å². The lowest BCUT2D eigenvalue weighted by molar-refractivity contribution is 0.274. The second-order valence-corrected chi connectivity index (χ2v) is 5.14. The smallest absolute Gasteiger partial charge is 0.339 e. The van der Waals surface area contributed by atoms with Gasteiger partial charge in [-0.1, -0.05) is 17.7 Å². The van der Waals surface area contributed by atoms with Gasteiger partial charge in [-0.15, -0.1) is 0 Å². The fourth-order valence-corrected chi connectivity index (χ4v) is 2.25. The quantitative estimate of drug-likeness (QED) is 0.773. The predicted molar refractivity (Wildman–Crippen MR) is 62.6 cm³/mol. The number of hydrogen-bond donors (Lipinski definition) is 0. The number of benzene rings is 1. The molecular formula is C12H12O4S. The first kappa shape index (κ1) is 11.7. The molecule has 1 aliphatic rings. The van der Waals surface area contributed by atoms with E-state index in [9.17, 15) is 8.42 Å². The molecule has 0 radical (unpaired) electrons. The van der Waals surface area contributed by atoms with Crippen LogP contribution in [0.4, 0.5) is 0 Å². The lowest BCUT2D eigenvalue weighted by Gasteiger charge is -2.10. The summed E-state index contributed by atoms with van der Waals surface area (Å²) in [6.07, 6.45) is 4.43. The summed E-state index contributed by atoms with van der Waals surface area (Å²) in [6.45, 7) is 2.20. The van der Waals surface area contributed by atoms with Crippen LogP contribution in [0, 0.1) is 6.92 Å². The summed E-state index contributed by atoms with van der Waals surface area (Å²) in [5.74, 6) is 0.275. The van der Waals surface area contributed by atoms with Gasteiger partial charge in [0.05, 0.1) is 6.26 Å². The van der Waals surface area contributed by atoms with Crippen molar-refractivity contribution in [2.24, 2.45) is 0 Å². The fraction of sp³-hybridized carbons (Fsp3) is 0.167. The Bertz CT molecular complexity index is 553. The summed E-state index contributed by atoms with van der Waals surface area (Å²) < 4.78 is 33.6. The molecule has 1 aromatic rings. The molecule has 0 fully saturated rings. The van der Waals surface area contributed by atoms with Gasteiger partial charge in [-0.25, -0.2) is 0 Å². The monoisotopic (exact) mass is 252 g/mol. The Kier molecular flexibility index (Phi) is 3.19. The van der Waals surface area contributed by atoms with E-state index in [1.807, 2.05) is 6.92 Å². The zero-order valence-corrected chi connectivity index (χ0v) is 10.1. The third kappa shape index (κ3) is 2.88. The Morgan fingerprint density at radius 1 is 1.24 bits per heavy atom. The van der Waals surface area contributed by atoms with E-state index < -0.39 is 10.1 Å². The lowest BCUT2D eigenvalue weighted by Crippen LogP contribution is -2.07. The maximum atomic E-state index is 11.9. The van der Waals surface area contributed by atoms with Gasteiger partial charge in [0.15, 0.2) is 0 Å². The molecule has 0 spiro atoms. The molecule has 0 saturated heterocycles. The number of allylic oxidation sites excluding steroid dienone is 1. The summed E-state index contributed by atoms with van der Waals surface area (Å²) in [6, 6.07) is 6.50. The number of rotatable bonds is 3. The summed E-state index contributed by atoms with van der Waals surface area (Å²) >= 11 is 0. The van der Waals surface area contributed by atoms with Crippen molar-refractivity contribution in [1.29, 1.82) is 0 Å². The van der Waals surface area contributed by atoms with Gasteiger partial charge in [0.1, 0.15) is 17.3 Å². The van der Waals surface area contributed by atoms with Crippen LogP contribution in [0.1, 0.15) is 5.56 Å². The zero-order chi connectivity index (χ0) is 12.3. The van der Waals surface area contributed by atoms with E-state index in [0.29, 0.717) is 6.61 Å². The van der Waals surface area contributed by atoms with Crippen LogP contribution in [0.3, 0.4) is 0 Å². The average molecular weight is 252 g/mol. The molecule has 17 heavy (non-hydrogen) atoms. The van der Waals surface area contributed by atoms with Crippen LogP contribution in [0.25, 0.3) is 0 Å². The largest absolute Gasteiger partial charge is 0.497 e. The van der Waals surface area contributed by atoms with Crippen LogP contribution in [0.2, 0.25) is 0 Å². The van der Waals surface area contributed by atoms with E-state index in [1.165, 1.54) is 24.5 Å². The SMILES string of the molecule is Cc1ccc(S(=O)(=O)OC2=CCOC=C2)cc1. The summed E-state index contributed by atoms with van der Waals surface area (Å²) in [7, 11) is -3.75. The first-order valence-electron chi connectivity index (χ1n) is 5.07. The topological polar surface area (TPSA) is 52.6 Å². The molecule has 0 atom stereocenters. The van der Waals surface area contributed by atoms with E-state index in [2.05, 4.69) is 0 Å². The van der Waals surface area contributed by atoms with Crippen molar-refractivity contribution in [3.05, 3.63) is 54.0 Å².